The van der Waals surface area contributed by atoms with E-state index in [1.807, 2.05) is 105 Å². The van der Waals surface area contributed by atoms with Crippen LogP contribution in [-0.4, -0.2) is 36.3 Å². The van der Waals surface area contributed by atoms with Gasteiger partial charge in [-0.1, -0.05) is 97.9 Å². The maximum atomic E-state index is 13.2. The predicted molar refractivity (Wildman–Crippen MR) is 150 cm³/mol. The largest absolute Gasteiger partial charge is 0.464 e. The van der Waals surface area contributed by atoms with Crippen LogP contribution in [0.5, 0.6) is 0 Å². The lowest BCUT2D eigenvalue weighted by Gasteiger charge is -2.23. The number of esters is 1. The Kier molecular flexibility index (Phi) is 11.1. The topological polar surface area (TPSA) is 67.8 Å². The monoisotopic (exact) mass is 498 g/mol. The molecule has 37 heavy (non-hydrogen) atoms. The van der Waals surface area contributed by atoms with Crippen LogP contribution in [0.2, 0.25) is 0 Å². The molecule has 0 spiro atoms. The minimum absolute atomic E-state index is 0.0312. The third kappa shape index (κ3) is 9.34. The molecular weight excluding hydrogens is 460 g/mol. The second-order valence-corrected chi connectivity index (χ2v) is 9.40. The Morgan fingerprint density at radius 2 is 1.32 bits per heavy atom. The van der Waals surface area contributed by atoms with Crippen LogP contribution < -0.4 is 5.32 Å². The summed E-state index contributed by atoms with van der Waals surface area (Å²) in [5.74, 6) is -0.566. The quantitative estimate of drug-likeness (QED) is 0.246. The van der Waals surface area contributed by atoms with Gasteiger partial charge in [-0.2, -0.15) is 0 Å². The smallest absolute Gasteiger partial charge is 0.330 e. The Balaban J connectivity index is 1.79. The number of hydrogen-bond acceptors (Lipinski definition) is 4. The van der Waals surface area contributed by atoms with Crippen molar-refractivity contribution in [3.63, 3.8) is 0 Å². The minimum atomic E-state index is -0.628. The van der Waals surface area contributed by atoms with Crippen LogP contribution in [0.3, 0.4) is 0 Å². The second kappa shape index (κ2) is 14.7. The van der Waals surface area contributed by atoms with Crippen molar-refractivity contribution in [1.29, 1.82) is 0 Å². The molecule has 1 amide bonds. The molecule has 3 aromatic rings. The number of nitrogens with one attached hydrogen (secondary N) is 1. The van der Waals surface area contributed by atoms with Crippen LogP contribution in [0.25, 0.3) is 0 Å². The molecule has 0 saturated heterocycles. The summed E-state index contributed by atoms with van der Waals surface area (Å²) in [7, 11) is 0. The molecule has 3 rings (SSSR count). The molecule has 0 saturated carbocycles. The molecule has 3 atom stereocenters. The first-order valence-electron chi connectivity index (χ1n) is 13.1. The molecule has 0 bridgehead atoms. The summed E-state index contributed by atoms with van der Waals surface area (Å²) in [6.45, 7) is 5.94. The van der Waals surface area contributed by atoms with E-state index < -0.39 is 6.04 Å². The molecule has 0 aromatic heterocycles. The first-order valence-corrected chi connectivity index (χ1v) is 13.1. The number of carbonyl (C=O) groups excluding carboxylic acids is 2. The Hall–Kier alpha value is -3.73. The SMILES string of the molecule is CCOC(=O)[C@@H](CCc1ccccc1)N=C(C)C(Cc1ccccc1)NC(=O)C(C)Cc1ccccc1. The second-order valence-electron chi connectivity index (χ2n) is 9.40. The summed E-state index contributed by atoms with van der Waals surface area (Å²) in [6, 6.07) is 29.1. The molecule has 0 aliphatic rings. The van der Waals surface area contributed by atoms with Gasteiger partial charge < -0.3 is 10.1 Å². The third-order valence-electron chi connectivity index (χ3n) is 6.40. The summed E-state index contributed by atoms with van der Waals surface area (Å²) in [5.41, 5.74) is 4.08. The zero-order valence-corrected chi connectivity index (χ0v) is 22.1. The summed E-state index contributed by atoms with van der Waals surface area (Å²) in [5, 5.41) is 3.21. The Morgan fingerprint density at radius 1 is 0.811 bits per heavy atom. The Bertz CT molecular complexity index is 1130. The predicted octanol–water partition coefficient (Wildman–Crippen LogP) is 5.62. The van der Waals surface area contributed by atoms with E-state index in [-0.39, 0.29) is 23.8 Å². The first-order chi connectivity index (χ1) is 18.0. The molecule has 3 aromatic carbocycles. The van der Waals surface area contributed by atoms with E-state index in [1.165, 1.54) is 0 Å². The van der Waals surface area contributed by atoms with Crippen LogP contribution in [0.4, 0.5) is 0 Å². The summed E-state index contributed by atoms with van der Waals surface area (Å²) >= 11 is 0. The van der Waals surface area contributed by atoms with E-state index in [9.17, 15) is 9.59 Å². The van der Waals surface area contributed by atoms with Crippen molar-refractivity contribution in [2.75, 3.05) is 6.61 Å². The number of rotatable bonds is 13. The fraction of sp³-hybridized carbons (Fsp3) is 0.344. The zero-order chi connectivity index (χ0) is 26.5. The lowest BCUT2D eigenvalue weighted by molar-refractivity contribution is -0.144. The van der Waals surface area contributed by atoms with Gasteiger partial charge in [0, 0.05) is 11.6 Å². The van der Waals surface area contributed by atoms with Crippen LogP contribution in [0, 0.1) is 5.92 Å². The van der Waals surface area contributed by atoms with Crippen molar-refractivity contribution in [3.8, 4) is 0 Å². The highest BCUT2D eigenvalue weighted by Gasteiger charge is 2.24. The van der Waals surface area contributed by atoms with Gasteiger partial charge in [0.25, 0.3) is 0 Å². The number of carbonyl (C=O) groups is 2. The van der Waals surface area contributed by atoms with Gasteiger partial charge in [-0.05, 0) is 56.2 Å². The van der Waals surface area contributed by atoms with Gasteiger partial charge in [0.15, 0.2) is 0 Å². The minimum Gasteiger partial charge on any atom is -0.464 e. The number of ether oxygens (including phenoxy) is 1. The van der Waals surface area contributed by atoms with Gasteiger partial charge in [-0.25, -0.2) is 4.79 Å². The maximum Gasteiger partial charge on any atom is 0.330 e. The van der Waals surface area contributed by atoms with Crippen molar-refractivity contribution in [1.82, 2.24) is 5.32 Å². The lowest BCUT2D eigenvalue weighted by Crippen LogP contribution is -2.44. The van der Waals surface area contributed by atoms with Gasteiger partial charge in [0.05, 0.1) is 12.6 Å². The van der Waals surface area contributed by atoms with Crippen LogP contribution in [-0.2, 0) is 33.6 Å². The van der Waals surface area contributed by atoms with E-state index in [2.05, 4.69) is 5.32 Å². The molecular formula is C32H38N2O3. The van der Waals surface area contributed by atoms with Gasteiger partial charge in [-0.15, -0.1) is 0 Å². The van der Waals surface area contributed by atoms with Crippen molar-refractivity contribution >= 4 is 17.6 Å². The van der Waals surface area contributed by atoms with E-state index in [0.717, 1.165) is 22.4 Å². The van der Waals surface area contributed by atoms with Gasteiger partial charge >= 0.3 is 5.97 Å². The zero-order valence-electron chi connectivity index (χ0n) is 22.1. The fourth-order valence-corrected chi connectivity index (χ4v) is 4.28. The molecule has 0 fully saturated rings. The molecule has 0 aliphatic carbocycles. The summed E-state index contributed by atoms with van der Waals surface area (Å²) in [4.78, 5) is 30.9. The Labute approximate surface area is 221 Å². The molecule has 1 N–H and O–H groups in total. The number of hydrogen-bond donors (Lipinski definition) is 1. The molecule has 5 heteroatoms. The highest BCUT2D eigenvalue weighted by atomic mass is 16.5. The third-order valence-corrected chi connectivity index (χ3v) is 6.40. The number of amides is 1. The highest BCUT2D eigenvalue weighted by molar-refractivity contribution is 5.93. The van der Waals surface area contributed by atoms with Crippen molar-refractivity contribution in [2.45, 2.75) is 58.5 Å². The Morgan fingerprint density at radius 3 is 1.86 bits per heavy atom. The fourth-order valence-electron chi connectivity index (χ4n) is 4.28. The highest BCUT2D eigenvalue weighted by Crippen LogP contribution is 2.14. The van der Waals surface area contributed by atoms with Gasteiger partial charge in [0.2, 0.25) is 5.91 Å². The van der Waals surface area contributed by atoms with Crippen molar-refractivity contribution in [3.05, 3.63) is 108 Å². The van der Waals surface area contributed by atoms with E-state index in [0.29, 0.717) is 32.3 Å². The van der Waals surface area contributed by atoms with Crippen molar-refractivity contribution < 1.29 is 14.3 Å². The van der Waals surface area contributed by atoms with Crippen molar-refractivity contribution in [2.24, 2.45) is 10.9 Å². The molecule has 0 heterocycles. The maximum absolute atomic E-state index is 13.2. The van der Waals surface area contributed by atoms with E-state index >= 15 is 0 Å². The molecule has 194 valence electrons. The number of aryl methyl sites for hydroxylation is 1. The summed E-state index contributed by atoms with van der Waals surface area (Å²) in [6.07, 6.45) is 2.50. The van der Waals surface area contributed by atoms with Crippen LogP contribution in [0.1, 0.15) is 43.9 Å². The molecule has 0 radical (unpaired) electrons. The molecule has 5 nitrogen and oxygen atoms in total. The molecule has 0 aliphatic heterocycles. The number of aliphatic imine (C=N–C) groups is 1. The average Bonchev–Trinajstić information content (AvgIpc) is 2.92. The standard InChI is InChI=1S/C32H38N2O3/c1-4-37-32(36)29(21-20-26-14-8-5-9-15-26)33-25(3)30(23-28-18-12-7-13-19-28)34-31(35)24(2)22-27-16-10-6-11-17-27/h5-19,24,29-30H,4,20-23H2,1-3H3,(H,34,35)/t24?,29-,30?/m1/s1. The van der Waals surface area contributed by atoms with Gasteiger partial charge in [0.1, 0.15) is 6.04 Å². The first kappa shape index (κ1) is 27.9. The van der Waals surface area contributed by atoms with E-state index in [4.69, 9.17) is 9.73 Å². The molecule has 2 unspecified atom stereocenters. The van der Waals surface area contributed by atoms with Gasteiger partial charge in [-0.3, -0.25) is 9.79 Å². The van der Waals surface area contributed by atoms with Crippen LogP contribution >= 0.6 is 0 Å². The lowest BCUT2D eigenvalue weighted by atomic mass is 9.97. The number of nitrogens with zero attached hydrogens (tertiary/aromatic N) is 1. The normalized spacial score (nSPS) is 13.9. The van der Waals surface area contributed by atoms with E-state index in [1.54, 1.807) is 6.92 Å². The van der Waals surface area contributed by atoms with Crippen LogP contribution in [0.15, 0.2) is 96.0 Å². The summed E-state index contributed by atoms with van der Waals surface area (Å²) < 4.78 is 5.34. The number of benzene rings is 3. The average molecular weight is 499 g/mol.